The van der Waals surface area contributed by atoms with Crippen molar-refractivity contribution >= 4 is 0 Å². The van der Waals surface area contributed by atoms with Gasteiger partial charge in [-0.15, -0.1) is 0 Å². The van der Waals surface area contributed by atoms with Crippen LogP contribution in [-0.2, 0) is 0 Å². The number of hydrogen-bond acceptors (Lipinski definition) is 0. The quantitative estimate of drug-likeness (QED) is 0.518. The molecule has 0 heterocycles. The van der Waals surface area contributed by atoms with Gasteiger partial charge < -0.3 is 0 Å². The van der Waals surface area contributed by atoms with Gasteiger partial charge in [-0.25, -0.2) is 0 Å². The molecule has 2 fully saturated rings. The van der Waals surface area contributed by atoms with Crippen LogP contribution in [0.15, 0.2) is 0 Å². The van der Waals surface area contributed by atoms with Gasteiger partial charge in [0.15, 0.2) is 0 Å². The van der Waals surface area contributed by atoms with Crippen LogP contribution in [-0.4, -0.2) is 0 Å². The highest BCUT2D eigenvalue weighted by Crippen LogP contribution is 2.47. The van der Waals surface area contributed by atoms with Crippen LogP contribution in [0.1, 0.15) is 52.4 Å². The van der Waals surface area contributed by atoms with Crippen molar-refractivity contribution in [3.63, 3.8) is 0 Å². The summed E-state index contributed by atoms with van der Waals surface area (Å²) in [5.74, 6) is 4.89. The van der Waals surface area contributed by atoms with Gasteiger partial charge in [-0.3, -0.25) is 0 Å². The van der Waals surface area contributed by atoms with E-state index in [-0.39, 0.29) is 0 Å². The standard InChI is InChI=1S/C12H21/c1-9(2)12-7-10-5-3-4-6-11(10)8-12/h10-12H,3-8H2,1-2H3/q+1/t10-,11+,12?. The minimum atomic E-state index is 0.984. The molecule has 1 unspecified atom stereocenters. The zero-order valence-electron chi connectivity index (χ0n) is 8.47. The third-order valence-electron chi connectivity index (χ3n) is 4.06. The van der Waals surface area contributed by atoms with Crippen LogP contribution in [0.25, 0.3) is 0 Å². The van der Waals surface area contributed by atoms with E-state index in [1.807, 2.05) is 0 Å². The number of rotatable bonds is 1. The van der Waals surface area contributed by atoms with E-state index in [9.17, 15) is 0 Å². The molecule has 3 atom stereocenters. The molecule has 2 saturated carbocycles. The summed E-state index contributed by atoms with van der Waals surface area (Å²) < 4.78 is 0. The van der Waals surface area contributed by atoms with Crippen LogP contribution in [0.2, 0.25) is 0 Å². The average Bonchev–Trinajstić information content (AvgIpc) is 2.46. The van der Waals surface area contributed by atoms with E-state index in [0.29, 0.717) is 0 Å². The third kappa shape index (κ3) is 1.48. The van der Waals surface area contributed by atoms with Crippen molar-refractivity contribution in [2.75, 3.05) is 0 Å². The summed E-state index contributed by atoms with van der Waals surface area (Å²) in [4.78, 5) is 0. The molecule has 0 aliphatic heterocycles. The van der Waals surface area contributed by atoms with Gasteiger partial charge in [0, 0.05) is 0 Å². The fourth-order valence-electron chi connectivity index (χ4n) is 3.20. The molecule has 2 aliphatic carbocycles. The molecule has 0 aromatic carbocycles. The minimum absolute atomic E-state index is 0.984. The lowest BCUT2D eigenvalue weighted by Gasteiger charge is -2.23. The first-order valence-electron chi connectivity index (χ1n) is 5.57. The molecule has 0 radical (unpaired) electrons. The summed E-state index contributed by atoms with van der Waals surface area (Å²) >= 11 is 0. The molecule has 0 saturated heterocycles. The largest absolute Gasteiger partial charge is 0.100 e. The topological polar surface area (TPSA) is 0 Å². The predicted octanol–water partition coefficient (Wildman–Crippen LogP) is 3.82. The van der Waals surface area contributed by atoms with Gasteiger partial charge in [-0.2, -0.15) is 0 Å². The van der Waals surface area contributed by atoms with E-state index in [4.69, 9.17) is 0 Å². The monoisotopic (exact) mass is 165 g/mol. The Morgan fingerprint density at radius 2 is 1.42 bits per heavy atom. The first kappa shape index (κ1) is 8.47. The van der Waals surface area contributed by atoms with Gasteiger partial charge in [0.2, 0.25) is 0 Å². The van der Waals surface area contributed by atoms with Crippen molar-refractivity contribution in [2.24, 2.45) is 17.8 Å². The van der Waals surface area contributed by atoms with Crippen molar-refractivity contribution in [1.29, 1.82) is 0 Å². The number of hydrogen-bond donors (Lipinski definition) is 0. The summed E-state index contributed by atoms with van der Waals surface area (Å²) in [6.07, 6.45) is 9.14. The first-order valence-corrected chi connectivity index (χ1v) is 5.57. The normalized spacial score (nSPS) is 41.0. The summed E-state index contributed by atoms with van der Waals surface area (Å²) in [5.41, 5.74) is 0. The average molecular weight is 165 g/mol. The Labute approximate surface area is 76.7 Å². The molecule has 2 rings (SSSR count). The summed E-state index contributed by atoms with van der Waals surface area (Å²) in [6, 6.07) is 0. The minimum Gasteiger partial charge on any atom is -0.0530 e. The molecule has 0 nitrogen and oxygen atoms in total. The van der Waals surface area contributed by atoms with Crippen LogP contribution in [0.3, 0.4) is 0 Å². The highest BCUT2D eigenvalue weighted by atomic mass is 14.4. The lowest BCUT2D eigenvalue weighted by molar-refractivity contribution is 0.277. The van der Waals surface area contributed by atoms with Gasteiger partial charge in [0.05, 0.1) is 19.8 Å². The second-order valence-electron chi connectivity index (χ2n) is 5.05. The molecule has 0 spiro atoms. The first-order chi connectivity index (χ1) is 5.77. The van der Waals surface area contributed by atoms with Gasteiger partial charge in [-0.1, -0.05) is 25.7 Å². The Morgan fingerprint density at radius 3 is 1.83 bits per heavy atom. The van der Waals surface area contributed by atoms with E-state index < -0.39 is 0 Å². The van der Waals surface area contributed by atoms with E-state index in [1.165, 1.54) is 38.5 Å². The second-order valence-corrected chi connectivity index (χ2v) is 5.05. The molecule has 0 amide bonds. The maximum absolute atomic E-state index is 2.32. The van der Waals surface area contributed by atoms with E-state index >= 15 is 0 Å². The van der Waals surface area contributed by atoms with E-state index in [1.54, 1.807) is 5.92 Å². The molecule has 0 N–H and O–H groups in total. The van der Waals surface area contributed by atoms with Crippen LogP contribution >= 0.6 is 0 Å². The van der Waals surface area contributed by atoms with E-state index in [2.05, 4.69) is 13.8 Å². The molecule has 0 heteroatoms. The Kier molecular flexibility index (Phi) is 2.34. The van der Waals surface area contributed by atoms with Crippen LogP contribution in [0.4, 0.5) is 0 Å². The van der Waals surface area contributed by atoms with Gasteiger partial charge >= 0.3 is 0 Å². The van der Waals surface area contributed by atoms with E-state index in [0.717, 1.165) is 17.8 Å². The SMILES string of the molecule is C[C+](C)C1C[C@H]2CCCC[C@H]2C1. The second kappa shape index (κ2) is 3.32. The van der Waals surface area contributed by atoms with Crippen molar-refractivity contribution < 1.29 is 0 Å². The molecule has 0 bridgehead atoms. The van der Waals surface area contributed by atoms with Crippen LogP contribution < -0.4 is 0 Å². The molecule has 2 aliphatic rings. The molecule has 68 valence electrons. The Hall–Kier alpha value is -0.130. The zero-order valence-corrected chi connectivity index (χ0v) is 8.47. The predicted molar refractivity (Wildman–Crippen MR) is 52.8 cm³/mol. The molecule has 0 aromatic rings. The lowest BCUT2D eigenvalue weighted by atomic mass is 9.82. The smallest absolute Gasteiger partial charge is 0.0530 e. The van der Waals surface area contributed by atoms with Crippen molar-refractivity contribution in [3.05, 3.63) is 5.92 Å². The maximum Gasteiger partial charge on any atom is 0.100 e. The Balaban J connectivity index is 1.94. The molecular formula is C12H21+. The van der Waals surface area contributed by atoms with Crippen molar-refractivity contribution in [2.45, 2.75) is 52.4 Å². The molecule has 0 aromatic heterocycles. The highest BCUT2D eigenvalue weighted by Gasteiger charge is 2.40. The van der Waals surface area contributed by atoms with Gasteiger partial charge in [-0.05, 0) is 24.7 Å². The van der Waals surface area contributed by atoms with Crippen molar-refractivity contribution in [3.8, 4) is 0 Å². The van der Waals surface area contributed by atoms with Crippen LogP contribution in [0.5, 0.6) is 0 Å². The summed E-state index contributed by atoms with van der Waals surface area (Å²) in [7, 11) is 0. The lowest BCUT2D eigenvalue weighted by Crippen LogP contribution is -2.12. The fourth-order valence-corrected chi connectivity index (χ4v) is 3.20. The van der Waals surface area contributed by atoms with Crippen LogP contribution in [0, 0.1) is 23.7 Å². The van der Waals surface area contributed by atoms with Gasteiger partial charge in [0.25, 0.3) is 0 Å². The Morgan fingerprint density at radius 1 is 0.917 bits per heavy atom. The zero-order chi connectivity index (χ0) is 8.55. The fraction of sp³-hybridized carbons (Fsp3) is 0.917. The Bertz CT molecular complexity index is 134. The molecular weight excluding hydrogens is 144 g/mol. The van der Waals surface area contributed by atoms with Crippen molar-refractivity contribution in [1.82, 2.24) is 0 Å². The molecule has 12 heavy (non-hydrogen) atoms. The van der Waals surface area contributed by atoms with Gasteiger partial charge in [0.1, 0.15) is 5.92 Å². The summed E-state index contributed by atoms with van der Waals surface area (Å²) in [6.45, 7) is 4.64. The third-order valence-corrected chi connectivity index (χ3v) is 4.06. The highest BCUT2D eigenvalue weighted by molar-refractivity contribution is 4.97. The maximum atomic E-state index is 2.32. The summed E-state index contributed by atoms with van der Waals surface area (Å²) in [5, 5.41) is 0. The number of fused-ring (bicyclic) bond motifs is 1.